The molecule has 172 valence electrons. The normalized spacial score (nSPS) is 13.9. The maximum absolute atomic E-state index is 12.9. The molecule has 1 unspecified atom stereocenters. The lowest BCUT2D eigenvalue weighted by Gasteiger charge is -2.17. The Hall–Kier alpha value is -3.23. The summed E-state index contributed by atoms with van der Waals surface area (Å²) in [5.74, 6) is -0.381. The van der Waals surface area contributed by atoms with Crippen molar-refractivity contribution in [2.24, 2.45) is 0 Å². The number of aldehydes is 1. The van der Waals surface area contributed by atoms with Gasteiger partial charge >= 0.3 is 0 Å². The van der Waals surface area contributed by atoms with E-state index in [4.69, 9.17) is 0 Å². The van der Waals surface area contributed by atoms with E-state index in [9.17, 15) is 14.7 Å². The van der Waals surface area contributed by atoms with E-state index >= 15 is 0 Å². The molecule has 0 aliphatic heterocycles. The number of phenols is 1. The molecule has 0 saturated heterocycles. The van der Waals surface area contributed by atoms with Crippen LogP contribution in [-0.2, 0) is 17.6 Å². The van der Waals surface area contributed by atoms with Crippen molar-refractivity contribution in [1.29, 1.82) is 0 Å². The number of hydrogen-bond donors (Lipinski definition) is 2. The summed E-state index contributed by atoms with van der Waals surface area (Å²) in [5, 5.41) is 16.1. The van der Waals surface area contributed by atoms with Gasteiger partial charge in [0.2, 0.25) is 5.91 Å². The van der Waals surface area contributed by atoms with Crippen LogP contribution in [-0.4, -0.2) is 32.5 Å². The molecule has 8 heteroatoms. The fourth-order valence-electron chi connectivity index (χ4n) is 4.23. The predicted octanol–water partition coefficient (Wildman–Crippen LogP) is 5.87. The number of nitrogens with one attached hydrogen (secondary N) is 1. The van der Waals surface area contributed by atoms with E-state index < -0.39 is 5.25 Å². The minimum atomic E-state index is -0.492. The van der Waals surface area contributed by atoms with Crippen LogP contribution in [0, 0.1) is 0 Å². The molecule has 0 saturated carbocycles. The van der Waals surface area contributed by atoms with Gasteiger partial charge in [0.15, 0.2) is 0 Å². The molecule has 1 aliphatic carbocycles. The predicted molar refractivity (Wildman–Crippen MR) is 137 cm³/mol. The largest absolute Gasteiger partial charge is 0.506 e. The average molecular weight is 490 g/mol. The van der Waals surface area contributed by atoms with Crippen molar-refractivity contribution in [2.75, 3.05) is 5.32 Å². The number of anilines is 1. The first-order valence-electron chi connectivity index (χ1n) is 11.1. The second-order valence-electron chi connectivity index (χ2n) is 8.34. The van der Waals surface area contributed by atoms with E-state index in [1.54, 1.807) is 18.3 Å². The number of hydrogen-bond acceptors (Lipinski definition) is 7. The smallest absolute Gasteiger partial charge is 0.237 e. The van der Waals surface area contributed by atoms with Crippen molar-refractivity contribution in [3.8, 4) is 16.9 Å². The molecule has 5 rings (SSSR count). The van der Waals surface area contributed by atoms with E-state index in [2.05, 4.69) is 38.9 Å². The van der Waals surface area contributed by atoms with Crippen LogP contribution < -0.4 is 5.32 Å². The highest BCUT2D eigenvalue weighted by Gasteiger charge is 2.21. The van der Waals surface area contributed by atoms with E-state index in [1.165, 1.54) is 60.3 Å². The minimum Gasteiger partial charge on any atom is -0.506 e. The summed E-state index contributed by atoms with van der Waals surface area (Å²) in [6.45, 7) is 1.79. The molecule has 0 spiro atoms. The number of phenolic OH excluding ortho intramolecular Hbond substituents is 1. The van der Waals surface area contributed by atoms with Gasteiger partial charge in [0.25, 0.3) is 0 Å². The number of thiophene rings is 1. The maximum Gasteiger partial charge on any atom is 0.237 e. The van der Waals surface area contributed by atoms with Gasteiger partial charge in [-0.1, -0.05) is 30.0 Å². The Morgan fingerprint density at radius 1 is 1.15 bits per heavy atom. The fourth-order valence-corrected chi connectivity index (χ4v) is 6.15. The van der Waals surface area contributed by atoms with Crippen LogP contribution in [0.1, 0.15) is 41.3 Å². The van der Waals surface area contributed by atoms with Crippen LogP contribution >= 0.6 is 23.1 Å². The molecule has 2 heterocycles. The molecule has 6 nitrogen and oxygen atoms in total. The number of aromatic nitrogens is 2. The first-order chi connectivity index (χ1) is 16.5. The van der Waals surface area contributed by atoms with Gasteiger partial charge in [0.05, 0.1) is 16.3 Å². The summed E-state index contributed by atoms with van der Waals surface area (Å²) >= 11 is 2.92. The second kappa shape index (κ2) is 9.56. The van der Waals surface area contributed by atoms with E-state index in [1.807, 2.05) is 0 Å². The van der Waals surface area contributed by atoms with Gasteiger partial charge in [-0.05, 0) is 67.5 Å². The highest BCUT2D eigenvalue weighted by Crippen LogP contribution is 2.40. The molecule has 0 bridgehead atoms. The number of carbonyl (C=O) groups excluding carboxylic acids is 2. The Morgan fingerprint density at radius 3 is 2.79 bits per heavy atom. The van der Waals surface area contributed by atoms with Gasteiger partial charge < -0.3 is 10.4 Å². The lowest BCUT2D eigenvalue weighted by atomic mass is 9.89. The summed E-state index contributed by atoms with van der Waals surface area (Å²) in [6, 6.07) is 11.0. The number of carbonyl (C=O) groups is 2. The standard InChI is InChI=1S/C26H23N3O3S2/c1-15(24(32)29-21-10-16(12-30)6-9-22(21)31)34-26-23-20(13-33-25(23)27-14-28-26)19-8-7-17-4-2-3-5-18(17)11-19/h6-15,31H,2-5H2,1H3,(H,29,32). The number of benzene rings is 2. The van der Waals surface area contributed by atoms with Crippen molar-refractivity contribution >= 4 is 51.2 Å². The van der Waals surface area contributed by atoms with Gasteiger partial charge in [0.1, 0.15) is 28.2 Å². The molecule has 34 heavy (non-hydrogen) atoms. The molecular weight excluding hydrogens is 466 g/mol. The highest BCUT2D eigenvalue weighted by molar-refractivity contribution is 8.00. The number of aryl methyl sites for hydroxylation is 2. The molecular formula is C26H23N3O3S2. The SMILES string of the molecule is CC(Sc1ncnc2scc(-c3ccc4c(c3)CCCC4)c12)C(=O)Nc1cc(C=O)ccc1O. The number of amides is 1. The van der Waals surface area contributed by atoms with Crippen LogP contribution in [0.15, 0.2) is 53.1 Å². The summed E-state index contributed by atoms with van der Waals surface area (Å²) in [7, 11) is 0. The third-order valence-electron chi connectivity index (χ3n) is 6.07. The van der Waals surface area contributed by atoms with Crippen molar-refractivity contribution in [3.63, 3.8) is 0 Å². The second-order valence-corrected chi connectivity index (χ2v) is 10.5. The molecule has 1 atom stereocenters. The summed E-state index contributed by atoms with van der Waals surface area (Å²) in [4.78, 5) is 33.8. The highest BCUT2D eigenvalue weighted by atomic mass is 32.2. The quantitative estimate of drug-likeness (QED) is 0.152. The van der Waals surface area contributed by atoms with E-state index in [0.717, 1.165) is 39.2 Å². The Balaban J connectivity index is 1.43. The van der Waals surface area contributed by atoms with Crippen LogP contribution in [0.4, 0.5) is 5.69 Å². The first kappa shape index (κ1) is 22.6. The van der Waals surface area contributed by atoms with Gasteiger partial charge in [-0.3, -0.25) is 9.59 Å². The van der Waals surface area contributed by atoms with Gasteiger partial charge in [-0.25, -0.2) is 9.97 Å². The number of thioether (sulfide) groups is 1. The topological polar surface area (TPSA) is 92.2 Å². The maximum atomic E-state index is 12.9. The Kier molecular flexibility index (Phi) is 6.34. The van der Waals surface area contributed by atoms with Crippen LogP contribution in [0.25, 0.3) is 21.3 Å². The molecule has 4 aromatic rings. The lowest BCUT2D eigenvalue weighted by molar-refractivity contribution is -0.115. The Bertz CT molecular complexity index is 1400. The summed E-state index contributed by atoms with van der Waals surface area (Å²) in [6.07, 6.45) is 6.93. The number of nitrogens with zero attached hydrogens (tertiary/aromatic N) is 2. The number of fused-ring (bicyclic) bond motifs is 2. The van der Waals surface area contributed by atoms with Crippen molar-refractivity contribution in [3.05, 3.63) is 64.8 Å². The van der Waals surface area contributed by atoms with E-state index in [-0.39, 0.29) is 17.3 Å². The molecule has 0 radical (unpaired) electrons. The third kappa shape index (κ3) is 4.43. The number of aromatic hydroxyl groups is 1. The molecule has 0 fully saturated rings. The van der Waals surface area contributed by atoms with Crippen molar-refractivity contribution < 1.29 is 14.7 Å². The molecule has 2 aromatic carbocycles. The van der Waals surface area contributed by atoms with Crippen LogP contribution in [0.2, 0.25) is 0 Å². The molecule has 1 aliphatic rings. The van der Waals surface area contributed by atoms with Gasteiger partial charge in [-0.2, -0.15) is 0 Å². The summed E-state index contributed by atoms with van der Waals surface area (Å²) < 4.78 is 0. The zero-order valence-electron chi connectivity index (χ0n) is 18.6. The Labute approximate surface area is 205 Å². The third-order valence-corrected chi connectivity index (χ3v) is 8.05. The van der Waals surface area contributed by atoms with Gasteiger partial charge in [0, 0.05) is 16.5 Å². The Morgan fingerprint density at radius 2 is 1.97 bits per heavy atom. The summed E-state index contributed by atoms with van der Waals surface area (Å²) in [5.41, 5.74) is 5.67. The molecule has 2 N–H and O–H groups in total. The zero-order chi connectivity index (χ0) is 23.7. The molecule has 1 amide bonds. The molecule has 2 aromatic heterocycles. The zero-order valence-corrected chi connectivity index (χ0v) is 20.2. The van der Waals surface area contributed by atoms with Crippen LogP contribution in [0.5, 0.6) is 5.75 Å². The van der Waals surface area contributed by atoms with Crippen molar-refractivity contribution in [1.82, 2.24) is 9.97 Å². The fraction of sp³-hybridized carbons (Fsp3) is 0.231. The minimum absolute atomic E-state index is 0.0897. The van der Waals surface area contributed by atoms with Crippen LogP contribution in [0.3, 0.4) is 0 Å². The first-order valence-corrected chi connectivity index (χ1v) is 12.9. The van der Waals surface area contributed by atoms with Crippen molar-refractivity contribution in [2.45, 2.75) is 42.9 Å². The van der Waals surface area contributed by atoms with Gasteiger partial charge in [-0.15, -0.1) is 11.3 Å². The average Bonchev–Trinajstić information content (AvgIpc) is 3.30. The monoisotopic (exact) mass is 489 g/mol. The number of rotatable bonds is 6. The lowest BCUT2D eigenvalue weighted by Crippen LogP contribution is -2.22. The van der Waals surface area contributed by atoms with E-state index in [0.29, 0.717) is 11.8 Å².